The third-order valence-corrected chi connectivity index (χ3v) is 6.40. The fourth-order valence-corrected chi connectivity index (χ4v) is 4.93. The molecule has 29 heavy (non-hydrogen) atoms. The summed E-state index contributed by atoms with van der Waals surface area (Å²) in [5.41, 5.74) is 1.37. The maximum Gasteiger partial charge on any atom is 0.292 e. The van der Waals surface area contributed by atoms with Gasteiger partial charge in [-0.1, -0.05) is 5.16 Å². The molecule has 0 saturated carbocycles. The van der Waals surface area contributed by atoms with Crippen LogP contribution >= 0.6 is 0 Å². The molecule has 0 aromatic carbocycles. The number of aromatic amines is 1. The third kappa shape index (κ3) is 3.13. The second-order valence-corrected chi connectivity index (χ2v) is 8.24. The Bertz CT molecular complexity index is 993. The Morgan fingerprint density at radius 3 is 2.90 bits per heavy atom. The molecule has 1 spiro atoms. The number of aryl methyl sites for hydroxylation is 1. The number of ether oxygens (including phenoxy) is 1. The Kier molecular flexibility index (Phi) is 4.42. The van der Waals surface area contributed by atoms with Gasteiger partial charge in [0, 0.05) is 43.2 Å². The molecule has 3 aliphatic rings. The molecule has 154 valence electrons. The van der Waals surface area contributed by atoms with Crippen LogP contribution in [0.4, 0.5) is 5.82 Å². The minimum Gasteiger partial charge on any atom is -0.378 e. The van der Waals surface area contributed by atoms with Crippen LogP contribution < -0.4 is 10.5 Å². The van der Waals surface area contributed by atoms with Crippen molar-refractivity contribution < 1.29 is 14.1 Å². The van der Waals surface area contributed by atoms with Crippen LogP contribution in [0.15, 0.2) is 15.4 Å². The zero-order valence-corrected chi connectivity index (χ0v) is 16.6. The Morgan fingerprint density at radius 1 is 1.24 bits per heavy atom. The van der Waals surface area contributed by atoms with Gasteiger partial charge in [-0.15, -0.1) is 0 Å². The number of amides is 1. The Morgan fingerprint density at radius 2 is 2.07 bits per heavy atom. The van der Waals surface area contributed by atoms with Gasteiger partial charge in [0.15, 0.2) is 5.82 Å². The number of aromatic nitrogens is 3. The lowest BCUT2D eigenvalue weighted by Crippen LogP contribution is -2.48. The predicted octanol–water partition coefficient (Wildman–Crippen LogP) is 1.02. The van der Waals surface area contributed by atoms with Gasteiger partial charge in [0.25, 0.3) is 11.5 Å². The van der Waals surface area contributed by atoms with Gasteiger partial charge in [-0.3, -0.25) is 9.59 Å². The standard InChI is InChI=1S/C20H25N5O4/c1-13-21-17-14(18(26)22-13)3-5-20(17)4-2-6-25(12-20)19(27)15-11-16(23-29-15)24-7-9-28-10-8-24/h11H,2-10,12H2,1H3,(H,21,22,26). The van der Waals surface area contributed by atoms with Crippen LogP contribution in [0, 0.1) is 6.92 Å². The number of nitrogens with zero attached hydrogens (tertiary/aromatic N) is 4. The van der Waals surface area contributed by atoms with E-state index in [0.29, 0.717) is 44.4 Å². The molecule has 1 unspecified atom stereocenters. The molecule has 1 aliphatic carbocycles. The number of nitrogens with one attached hydrogen (secondary N) is 1. The molecule has 1 atom stereocenters. The zero-order valence-electron chi connectivity index (χ0n) is 16.6. The Balaban J connectivity index is 1.38. The highest BCUT2D eigenvalue weighted by Crippen LogP contribution is 2.43. The van der Waals surface area contributed by atoms with Gasteiger partial charge in [0.2, 0.25) is 5.76 Å². The van der Waals surface area contributed by atoms with Crippen molar-refractivity contribution in [3.05, 3.63) is 39.3 Å². The molecule has 1 N–H and O–H groups in total. The molecule has 2 saturated heterocycles. The molecule has 4 heterocycles. The van der Waals surface area contributed by atoms with Crippen molar-refractivity contribution in [3.8, 4) is 0 Å². The number of hydrogen-bond donors (Lipinski definition) is 1. The maximum absolute atomic E-state index is 13.1. The molecular formula is C20H25N5O4. The van der Waals surface area contributed by atoms with E-state index >= 15 is 0 Å². The molecule has 9 heteroatoms. The second kappa shape index (κ2) is 6.98. The second-order valence-electron chi connectivity index (χ2n) is 8.24. The summed E-state index contributed by atoms with van der Waals surface area (Å²) in [6, 6.07) is 1.73. The highest BCUT2D eigenvalue weighted by atomic mass is 16.5. The number of morpholine rings is 1. The van der Waals surface area contributed by atoms with Gasteiger partial charge < -0.3 is 24.0 Å². The summed E-state index contributed by atoms with van der Waals surface area (Å²) in [6.07, 6.45) is 3.38. The number of rotatable bonds is 2. The van der Waals surface area contributed by atoms with E-state index in [9.17, 15) is 9.59 Å². The van der Waals surface area contributed by atoms with Crippen molar-refractivity contribution in [1.29, 1.82) is 0 Å². The first kappa shape index (κ1) is 18.4. The number of anilines is 1. The van der Waals surface area contributed by atoms with Crippen molar-refractivity contribution in [1.82, 2.24) is 20.0 Å². The molecule has 2 aromatic heterocycles. The predicted molar refractivity (Wildman–Crippen MR) is 104 cm³/mol. The lowest BCUT2D eigenvalue weighted by Gasteiger charge is -2.40. The lowest BCUT2D eigenvalue weighted by atomic mass is 9.77. The lowest BCUT2D eigenvalue weighted by molar-refractivity contribution is 0.0592. The summed E-state index contributed by atoms with van der Waals surface area (Å²) in [5.74, 6) is 1.42. The SMILES string of the molecule is Cc1nc2c(c(=O)[nH]1)CCC21CCCN(C(=O)c2cc(N3CCOCC3)no2)C1. The average Bonchev–Trinajstić information content (AvgIpc) is 3.35. The number of hydrogen-bond acceptors (Lipinski definition) is 7. The fourth-order valence-electron chi connectivity index (χ4n) is 4.93. The van der Waals surface area contributed by atoms with Crippen LogP contribution in [0.5, 0.6) is 0 Å². The molecule has 1 amide bonds. The topological polar surface area (TPSA) is 105 Å². The van der Waals surface area contributed by atoms with Gasteiger partial charge in [0.1, 0.15) is 5.82 Å². The van der Waals surface area contributed by atoms with E-state index in [1.807, 2.05) is 4.90 Å². The molecule has 2 aromatic rings. The monoisotopic (exact) mass is 399 g/mol. The van der Waals surface area contributed by atoms with Crippen LogP contribution in [-0.2, 0) is 16.6 Å². The fraction of sp³-hybridized carbons (Fsp3) is 0.600. The van der Waals surface area contributed by atoms with Crippen molar-refractivity contribution in [3.63, 3.8) is 0 Å². The summed E-state index contributed by atoms with van der Waals surface area (Å²) in [5, 5.41) is 4.09. The van der Waals surface area contributed by atoms with Crippen LogP contribution in [0.3, 0.4) is 0 Å². The largest absolute Gasteiger partial charge is 0.378 e. The number of carbonyl (C=O) groups is 1. The van der Waals surface area contributed by atoms with Crippen LogP contribution in [0.1, 0.15) is 46.9 Å². The summed E-state index contributed by atoms with van der Waals surface area (Å²) >= 11 is 0. The van der Waals surface area contributed by atoms with Crippen molar-refractivity contribution >= 4 is 11.7 Å². The summed E-state index contributed by atoms with van der Waals surface area (Å²) in [6.45, 7) is 5.81. The van der Waals surface area contributed by atoms with E-state index in [-0.39, 0.29) is 22.6 Å². The third-order valence-electron chi connectivity index (χ3n) is 6.40. The number of carbonyl (C=O) groups excluding carboxylic acids is 1. The number of likely N-dealkylation sites (tertiary alicyclic amines) is 1. The van der Waals surface area contributed by atoms with Crippen molar-refractivity contribution in [2.24, 2.45) is 0 Å². The van der Waals surface area contributed by atoms with Crippen molar-refractivity contribution in [2.45, 2.75) is 38.0 Å². The summed E-state index contributed by atoms with van der Waals surface area (Å²) in [4.78, 5) is 36.9. The van der Waals surface area contributed by atoms with Gasteiger partial charge >= 0.3 is 0 Å². The molecule has 2 fully saturated rings. The number of H-pyrrole nitrogens is 1. The first-order valence-corrected chi connectivity index (χ1v) is 10.2. The van der Waals surface area contributed by atoms with E-state index < -0.39 is 0 Å². The average molecular weight is 399 g/mol. The number of fused-ring (bicyclic) bond motifs is 2. The van der Waals surface area contributed by atoms with E-state index in [1.165, 1.54) is 0 Å². The van der Waals surface area contributed by atoms with Gasteiger partial charge in [0.05, 0.1) is 18.9 Å². The summed E-state index contributed by atoms with van der Waals surface area (Å²) in [7, 11) is 0. The smallest absolute Gasteiger partial charge is 0.292 e. The highest BCUT2D eigenvalue weighted by Gasteiger charge is 2.46. The molecular weight excluding hydrogens is 374 g/mol. The van der Waals surface area contributed by atoms with E-state index in [4.69, 9.17) is 9.26 Å². The van der Waals surface area contributed by atoms with Crippen LogP contribution in [0.25, 0.3) is 0 Å². The molecule has 5 rings (SSSR count). The number of piperidine rings is 1. The minimum absolute atomic E-state index is 0.0433. The quantitative estimate of drug-likeness (QED) is 0.804. The van der Waals surface area contributed by atoms with Crippen LogP contribution in [0.2, 0.25) is 0 Å². The van der Waals surface area contributed by atoms with E-state index in [1.54, 1.807) is 13.0 Å². The van der Waals surface area contributed by atoms with Gasteiger partial charge in [-0.05, 0) is 32.6 Å². The Labute approximate surface area is 168 Å². The first-order valence-electron chi connectivity index (χ1n) is 10.2. The normalized spacial score (nSPS) is 24.2. The van der Waals surface area contributed by atoms with Crippen LogP contribution in [-0.4, -0.2) is 65.3 Å². The van der Waals surface area contributed by atoms with Gasteiger partial charge in [-0.25, -0.2) is 4.98 Å². The molecule has 0 radical (unpaired) electrons. The van der Waals surface area contributed by atoms with E-state index in [2.05, 4.69) is 20.0 Å². The molecule has 0 bridgehead atoms. The van der Waals surface area contributed by atoms with Crippen molar-refractivity contribution in [2.75, 3.05) is 44.3 Å². The van der Waals surface area contributed by atoms with E-state index in [0.717, 1.165) is 43.6 Å². The summed E-state index contributed by atoms with van der Waals surface area (Å²) < 4.78 is 10.8. The van der Waals surface area contributed by atoms with Gasteiger partial charge in [-0.2, -0.15) is 0 Å². The first-order chi connectivity index (χ1) is 14.1. The molecule has 2 aliphatic heterocycles. The maximum atomic E-state index is 13.1. The molecule has 9 nitrogen and oxygen atoms in total. The zero-order chi connectivity index (χ0) is 20.0. The Hall–Kier alpha value is -2.68. The highest BCUT2D eigenvalue weighted by molar-refractivity contribution is 5.92. The minimum atomic E-state index is -0.241.